The Bertz CT molecular complexity index is 116. The lowest BCUT2D eigenvalue weighted by Crippen LogP contribution is -2.21. The van der Waals surface area contributed by atoms with Gasteiger partial charge in [-0.3, -0.25) is 4.79 Å². The van der Waals surface area contributed by atoms with Crippen LogP contribution in [0.2, 0.25) is 0 Å². The Kier molecular flexibility index (Phi) is 2.39. The topological polar surface area (TPSA) is 20.3 Å². The van der Waals surface area contributed by atoms with Gasteiger partial charge < -0.3 is 4.90 Å². The minimum Gasteiger partial charge on any atom is -0.337 e. The molecule has 0 spiro atoms. The van der Waals surface area contributed by atoms with Gasteiger partial charge >= 0.3 is 0 Å². The molecule has 0 aromatic rings. The summed E-state index contributed by atoms with van der Waals surface area (Å²) in [6, 6.07) is 0. The van der Waals surface area contributed by atoms with Crippen LogP contribution < -0.4 is 0 Å². The Morgan fingerprint density at radius 1 is 1.56 bits per heavy atom. The molecular weight excluding hydrogens is 134 g/mol. The summed E-state index contributed by atoms with van der Waals surface area (Å²) in [6.07, 6.45) is 2.34. The average Bonchev–Trinajstić information content (AvgIpc) is 1.99. The fourth-order valence-electron chi connectivity index (χ4n) is 0.812. The van der Waals surface area contributed by atoms with Gasteiger partial charge in [0.1, 0.15) is 0 Å². The second-order valence-corrected chi connectivity index (χ2v) is 3.29. The molecule has 0 saturated carbocycles. The monoisotopic (exact) mass is 145 g/mol. The number of rotatable bonds is 0. The number of amides is 1. The van der Waals surface area contributed by atoms with Crippen molar-refractivity contribution in [3.05, 3.63) is 0 Å². The number of nitrogens with zero attached hydrogens (tertiary/aromatic N) is 1. The molecule has 0 radical (unpaired) electrons. The van der Waals surface area contributed by atoms with Gasteiger partial charge in [-0.2, -0.15) is 0 Å². The Morgan fingerprint density at radius 3 is 3.11 bits per heavy atom. The maximum atomic E-state index is 10.9. The van der Waals surface area contributed by atoms with Crippen molar-refractivity contribution >= 4 is 17.0 Å². The predicted octanol–water partition coefficient (Wildman–Crippen LogP) is 1.57. The minimum absolute atomic E-state index is 0.229. The number of hydrogen-bond acceptors (Lipinski definition) is 2. The van der Waals surface area contributed by atoms with E-state index in [0.717, 1.165) is 18.7 Å². The van der Waals surface area contributed by atoms with Crippen molar-refractivity contribution < 1.29 is 4.79 Å². The van der Waals surface area contributed by atoms with Crippen LogP contribution in [0.3, 0.4) is 0 Å². The minimum atomic E-state index is 0.229. The van der Waals surface area contributed by atoms with Gasteiger partial charge in [0.25, 0.3) is 5.24 Å². The highest BCUT2D eigenvalue weighted by Gasteiger charge is 2.11. The SMILES string of the molecule is CN1CCCCSC1=O. The van der Waals surface area contributed by atoms with E-state index in [1.807, 2.05) is 7.05 Å². The highest BCUT2D eigenvalue weighted by Crippen LogP contribution is 2.14. The van der Waals surface area contributed by atoms with E-state index in [1.165, 1.54) is 18.2 Å². The quantitative estimate of drug-likeness (QED) is 0.515. The van der Waals surface area contributed by atoms with Crippen molar-refractivity contribution in [3.63, 3.8) is 0 Å². The molecule has 9 heavy (non-hydrogen) atoms. The van der Waals surface area contributed by atoms with Crippen molar-refractivity contribution in [1.29, 1.82) is 0 Å². The van der Waals surface area contributed by atoms with E-state index in [1.54, 1.807) is 4.90 Å². The molecule has 1 rings (SSSR count). The summed E-state index contributed by atoms with van der Waals surface area (Å²) in [7, 11) is 1.86. The van der Waals surface area contributed by atoms with Crippen LogP contribution in [0.4, 0.5) is 4.79 Å². The Hall–Kier alpha value is -0.180. The first kappa shape index (κ1) is 6.93. The first-order chi connectivity index (χ1) is 4.30. The smallest absolute Gasteiger partial charge is 0.281 e. The van der Waals surface area contributed by atoms with Gasteiger partial charge in [-0.15, -0.1) is 0 Å². The van der Waals surface area contributed by atoms with Crippen LogP contribution >= 0.6 is 11.8 Å². The summed E-state index contributed by atoms with van der Waals surface area (Å²) in [4.78, 5) is 12.7. The molecule has 0 bridgehead atoms. The normalized spacial score (nSPS) is 21.9. The van der Waals surface area contributed by atoms with Crippen molar-refractivity contribution in [2.75, 3.05) is 19.3 Å². The first-order valence-corrected chi connectivity index (χ1v) is 4.17. The van der Waals surface area contributed by atoms with Crippen LogP contribution in [0, 0.1) is 0 Å². The zero-order valence-corrected chi connectivity index (χ0v) is 6.41. The third kappa shape index (κ3) is 1.90. The van der Waals surface area contributed by atoms with Gasteiger partial charge in [0.15, 0.2) is 0 Å². The molecule has 2 nitrogen and oxygen atoms in total. The third-order valence-electron chi connectivity index (χ3n) is 1.43. The molecule has 1 heterocycles. The maximum absolute atomic E-state index is 10.9. The lowest BCUT2D eigenvalue weighted by Gasteiger charge is -2.10. The van der Waals surface area contributed by atoms with Crippen LogP contribution in [0.5, 0.6) is 0 Å². The van der Waals surface area contributed by atoms with Crippen molar-refractivity contribution in [3.8, 4) is 0 Å². The highest BCUT2D eigenvalue weighted by atomic mass is 32.2. The summed E-state index contributed by atoms with van der Waals surface area (Å²) in [5.74, 6) is 1.00. The molecule has 1 amide bonds. The second kappa shape index (κ2) is 3.11. The highest BCUT2D eigenvalue weighted by molar-refractivity contribution is 8.13. The number of carbonyl (C=O) groups is 1. The molecule has 52 valence electrons. The van der Waals surface area contributed by atoms with E-state index in [9.17, 15) is 4.79 Å². The van der Waals surface area contributed by atoms with Crippen LogP contribution in [0.15, 0.2) is 0 Å². The molecule has 0 N–H and O–H groups in total. The molecule has 0 aromatic heterocycles. The molecule has 0 aliphatic carbocycles. The van der Waals surface area contributed by atoms with Gasteiger partial charge in [-0.1, -0.05) is 11.8 Å². The molecule has 1 aliphatic heterocycles. The Labute approximate surface area is 59.6 Å². The average molecular weight is 145 g/mol. The Morgan fingerprint density at radius 2 is 2.33 bits per heavy atom. The van der Waals surface area contributed by atoms with Gasteiger partial charge in [0.05, 0.1) is 0 Å². The van der Waals surface area contributed by atoms with E-state index >= 15 is 0 Å². The van der Waals surface area contributed by atoms with Gasteiger partial charge in [0.2, 0.25) is 0 Å². The van der Waals surface area contributed by atoms with Crippen molar-refractivity contribution in [2.24, 2.45) is 0 Å². The lowest BCUT2D eigenvalue weighted by molar-refractivity contribution is 0.234. The number of hydrogen-bond donors (Lipinski definition) is 0. The molecule has 1 fully saturated rings. The van der Waals surface area contributed by atoms with Crippen LogP contribution in [0.1, 0.15) is 12.8 Å². The summed E-state index contributed by atoms with van der Waals surface area (Å²) >= 11 is 1.43. The van der Waals surface area contributed by atoms with Crippen molar-refractivity contribution in [2.45, 2.75) is 12.8 Å². The number of carbonyl (C=O) groups excluding carboxylic acids is 1. The maximum Gasteiger partial charge on any atom is 0.281 e. The van der Waals surface area contributed by atoms with E-state index in [0.29, 0.717) is 0 Å². The molecule has 0 unspecified atom stereocenters. The predicted molar refractivity (Wildman–Crippen MR) is 39.7 cm³/mol. The molecule has 0 aromatic carbocycles. The molecule has 1 saturated heterocycles. The van der Waals surface area contributed by atoms with E-state index < -0.39 is 0 Å². The van der Waals surface area contributed by atoms with Crippen LogP contribution in [0.25, 0.3) is 0 Å². The molecule has 0 atom stereocenters. The zero-order chi connectivity index (χ0) is 6.69. The fourth-order valence-corrected chi connectivity index (χ4v) is 1.65. The standard InChI is InChI=1S/C6H11NOS/c1-7-4-2-3-5-9-6(7)8/h2-5H2,1H3. The largest absolute Gasteiger partial charge is 0.337 e. The van der Waals surface area contributed by atoms with E-state index in [-0.39, 0.29) is 5.24 Å². The van der Waals surface area contributed by atoms with Crippen LogP contribution in [-0.4, -0.2) is 29.5 Å². The third-order valence-corrected chi connectivity index (χ3v) is 2.48. The van der Waals surface area contributed by atoms with E-state index in [4.69, 9.17) is 0 Å². The fraction of sp³-hybridized carbons (Fsp3) is 0.833. The van der Waals surface area contributed by atoms with Gasteiger partial charge in [0, 0.05) is 19.3 Å². The summed E-state index contributed by atoms with van der Waals surface area (Å²) in [6.45, 7) is 0.936. The van der Waals surface area contributed by atoms with Crippen molar-refractivity contribution in [1.82, 2.24) is 4.90 Å². The first-order valence-electron chi connectivity index (χ1n) is 3.18. The summed E-state index contributed by atoms with van der Waals surface area (Å²) < 4.78 is 0. The second-order valence-electron chi connectivity index (χ2n) is 2.24. The summed E-state index contributed by atoms with van der Waals surface area (Å²) in [5.41, 5.74) is 0. The van der Waals surface area contributed by atoms with Gasteiger partial charge in [-0.25, -0.2) is 0 Å². The molecule has 1 aliphatic rings. The summed E-state index contributed by atoms with van der Waals surface area (Å²) in [5, 5.41) is 0.229. The zero-order valence-electron chi connectivity index (χ0n) is 5.59. The Balaban J connectivity index is 2.41. The molecule has 3 heteroatoms. The number of thioether (sulfide) groups is 1. The van der Waals surface area contributed by atoms with E-state index in [2.05, 4.69) is 0 Å². The van der Waals surface area contributed by atoms with Gasteiger partial charge in [-0.05, 0) is 12.8 Å². The molecular formula is C6H11NOS. The van der Waals surface area contributed by atoms with Crippen LogP contribution in [-0.2, 0) is 0 Å². The lowest BCUT2D eigenvalue weighted by atomic mass is 10.3.